The summed E-state index contributed by atoms with van der Waals surface area (Å²) in [6.07, 6.45) is 2.93. The summed E-state index contributed by atoms with van der Waals surface area (Å²) in [4.78, 5) is 23.1. The molecule has 6 heteroatoms. The Bertz CT molecular complexity index is 436. The van der Waals surface area contributed by atoms with Gasteiger partial charge in [0.15, 0.2) is 5.69 Å². The molecule has 0 atom stereocenters. The maximum Gasteiger partial charge on any atom is 0.243 e. The fraction of sp³-hybridized carbons (Fsp3) is 0.400. The number of aromatic nitrogens is 2. The highest BCUT2D eigenvalue weighted by molar-refractivity contribution is 5.84. The van der Waals surface area contributed by atoms with Crippen molar-refractivity contribution in [2.75, 3.05) is 24.7 Å². The van der Waals surface area contributed by atoms with Crippen LogP contribution in [0.2, 0.25) is 0 Å². The van der Waals surface area contributed by atoms with Gasteiger partial charge in [-0.15, -0.1) is 0 Å². The molecule has 0 radical (unpaired) electrons. The first-order valence-corrected chi connectivity index (χ1v) is 4.99. The van der Waals surface area contributed by atoms with Crippen molar-refractivity contribution in [1.29, 1.82) is 5.26 Å². The van der Waals surface area contributed by atoms with Gasteiger partial charge in [0.1, 0.15) is 18.4 Å². The molecule has 1 amide bonds. The van der Waals surface area contributed by atoms with Crippen LogP contribution in [-0.4, -0.2) is 40.5 Å². The van der Waals surface area contributed by atoms with Gasteiger partial charge >= 0.3 is 0 Å². The first kappa shape index (κ1) is 10.4. The Morgan fingerprint density at radius 3 is 2.81 bits per heavy atom. The van der Waals surface area contributed by atoms with E-state index in [1.165, 1.54) is 12.4 Å². The van der Waals surface area contributed by atoms with Crippen molar-refractivity contribution in [1.82, 2.24) is 14.9 Å². The third-order valence-electron chi connectivity index (χ3n) is 2.48. The van der Waals surface area contributed by atoms with Gasteiger partial charge in [0.05, 0.1) is 19.1 Å². The van der Waals surface area contributed by atoms with E-state index in [0.29, 0.717) is 25.6 Å². The van der Waals surface area contributed by atoms with Crippen molar-refractivity contribution in [3.05, 3.63) is 18.1 Å². The van der Waals surface area contributed by atoms with Crippen LogP contribution in [0.25, 0.3) is 0 Å². The number of rotatable bonds is 2. The van der Waals surface area contributed by atoms with Gasteiger partial charge in [0.25, 0.3) is 0 Å². The number of hydrogen-bond acceptors (Lipinski definition) is 5. The average Bonchev–Trinajstić information content (AvgIpc) is 2.71. The summed E-state index contributed by atoms with van der Waals surface area (Å²) in [5, 5.41) is 8.59. The lowest BCUT2D eigenvalue weighted by Gasteiger charge is -2.16. The summed E-state index contributed by atoms with van der Waals surface area (Å²) in [5.41, 5.74) is 0.279. The van der Waals surface area contributed by atoms with E-state index in [4.69, 9.17) is 5.26 Å². The molecule has 16 heavy (non-hydrogen) atoms. The van der Waals surface area contributed by atoms with Crippen molar-refractivity contribution >= 4 is 11.7 Å². The highest BCUT2D eigenvalue weighted by atomic mass is 16.2. The molecule has 0 spiro atoms. The molecule has 0 bridgehead atoms. The second-order valence-corrected chi connectivity index (χ2v) is 3.46. The zero-order chi connectivity index (χ0) is 11.5. The highest BCUT2D eigenvalue weighted by Gasteiger charge is 2.26. The lowest BCUT2D eigenvalue weighted by Crippen LogP contribution is -2.27. The van der Waals surface area contributed by atoms with Gasteiger partial charge in [0, 0.05) is 6.54 Å². The van der Waals surface area contributed by atoms with Crippen LogP contribution in [-0.2, 0) is 4.79 Å². The smallest absolute Gasteiger partial charge is 0.243 e. The van der Waals surface area contributed by atoms with Gasteiger partial charge < -0.3 is 9.80 Å². The van der Waals surface area contributed by atoms with Crippen molar-refractivity contribution in [2.45, 2.75) is 6.92 Å². The predicted octanol–water partition coefficient (Wildman–Crippen LogP) is -0.0257. The van der Waals surface area contributed by atoms with Crippen LogP contribution < -0.4 is 4.90 Å². The Morgan fingerprint density at radius 2 is 2.31 bits per heavy atom. The molecule has 1 saturated heterocycles. The summed E-state index contributed by atoms with van der Waals surface area (Å²) in [7, 11) is 0. The molecular weight excluding hydrogens is 206 g/mol. The number of likely N-dealkylation sites (N-methyl/N-ethyl adjacent to an activating group) is 1. The molecule has 0 aromatic carbocycles. The quantitative estimate of drug-likeness (QED) is 0.695. The summed E-state index contributed by atoms with van der Waals surface area (Å²) in [6, 6.07) is 1.90. The topological polar surface area (TPSA) is 73.1 Å². The number of amides is 1. The van der Waals surface area contributed by atoms with Crippen molar-refractivity contribution in [2.24, 2.45) is 0 Å². The normalized spacial score (nSPS) is 15.4. The van der Waals surface area contributed by atoms with Gasteiger partial charge in [0.2, 0.25) is 5.91 Å². The molecule has 1 fully saturated rings. The largest absolute Gasteiger partial charge is 0.328 e. The molecule has 1 aliphatic rings. The minimum Gasteiger partial charge on any atom is -0.328 e. The Balaban J connectivity index is 2.14. The lowest BCUT2D eigenvalue weighted by molar-refractivity contribution is -0.126. The Hall–Kier alpha value is -2.16. The summed E-state index contributed by atoms with van der Waals surface area (Å²) >= 11 is 0. The third-order valence-corrected chi connectivity index (χ3v) is 2.48. The van der Waals surface area contributed by atoms with Gasteiger partial charge in [-0.1, -0.05) is 0 Å². The molecule has 1 aromatic rings. The Morgan fingerprint density at radius 1 is 1.50 bits per heavy atom. The van der Waals surface area contributed by atoms with E-state index in [-0.39, 0.29) is 11.6 Å². The molecular formula is C10H11N5O. The number of nitriles is 1. The minimum absolute atomic E-state index is 0.0914. The monoisotopic (exact) mass is 217 g/mol. The fourth-order valence-electron chi connectivity index (χ4n) is 1.57. The van der Waals surface area contributed by atoms with E-state index in [2.05, 4.69) is 9.97 Å². The fourth-order valence-corrected chi connectivity index (χ4v) is 1.57. The highest BCUT2D eigenvalue weighted by Crippen LogP contribution is 2.14. The van der Waals surface area contributed by atoms with Crippen LogP contribution in [0.3, 0.4) is 0 Å². The molecule has 82 valence electrons. The first-order valence-electron chi connectivity index (χ1n) is 4.99. The second-order valence-electron chi connectivity index (χ2n) is 3.46. The molecule has 0 N–H and O–H groups in total. The molecule has 0 aliphatic carbocycles. The van der Waals surface area contributed by atoms with E-state index < -0.39 is 0 Å². The van der Waals surface area contributed by atoms with Crippen LogP contribution in [0.15, 0.2) is 12.4 Å². The average molecular weight is 217 g/mol. The van der Waals surface area contributed by atoms with E-state index in [9.17, 15) is 4.79 Å². The number of nitrogens with zero attached hydrogens (tertiary/aromatic N) is 5. The third kappa shape index (κ3) is 1.80. The first-order chi connectivity index (χ1) is 7.74. The minimum atomic E-state index is 0.0914. The summed E-state index contributed by atoms with van der Waals surface area (Å²) in [6.45, 7) is 3.50. The molecule has 2 heterocycles. The summed E-state index contributed by atoms with van der Waals surface area (Å²) in [5.74, 6) is 0.719. The van der Waals surface area contributed by atoms with Crippen LogP contribution in [0.1, 0.15) is 12.6 Å². The van der Waals surface area contributed by atoms with Crippen LogP contribution in [0, 0.1) is 11.3 Å². The van der Waals surface area contributed by atoms with Crippen LogP contribution in [0.4, 0.5) is 5.82 Å². The van der Waals surface area contributed by atoms with Gasteiger partial charge in [-0.3, -0.25) is 4.79 Å². The van der Waals surface area contributed by atoms with Gasteiger partial charge in [-0.25, -0.2) is 9.97 Å². The maximum absolute atomic E-state index is 11.5. The second kappa shape index (κ2) is 4.14. The molecule has 0 saturated carbocycles. The van der Waals surface area contributed by atoms with Crippen LogP contribution >= 0.6 is 0 Å². The molecule has 2 rings (SSSR count). The number of anilines is 1. The number of carbonyl (C=O) groups excluding carboxylic acids is 1. The summed E-state index contributed by atoms with van der Waals surface area (Å²) < 4.78 is 0. The molecule has 0 unspecified atom stereocenters. The SMILES string of the molecule is CCN1CN(c2cnc(C#N)cn2)CC1=O. The van der Waals surface area contributed by atoms with E-state index in [1.807, 2.05) is 17.9 Å². The zero-order valence-electron chi connectivity index (χ0n) is 8.92. The molecule has 1 aliphatic heterocycles. The standard InChI is InChI=1S/C10H11N5O/c1-2-14-7-15(6-10(14)16)9-5-12-8(3-11)4-13-9/h4-5H,2,6-7H2,1H3. The van der Waals surface area contributed by atoms with Crippen molar-refractivity contribution in [3.8, 4) is 6.07 Å². The number of hydrogen-bond donors (Lipinski definition) is 0. The Labute approximate surface area is 93.1 Å². The van der Waals surface area contributed by atoms with E-state index in [1.54, 1.807) is 4.90 Å². The van der Waals surface area contributed by atoms with Gasteiger partial charge in [-0.2, -0.15) is 5.26 Å². The maximum atomic E-state index is 11.5. The van der Waals surface area contributed by atoms with Crippen molar-refractivity contribution in [3.63, 3.8) is 0 Å². The number of carbonyl (C=O) groups is 1. The zero-order valence-corrected chi connectivity index (χ0v) is 8.92. The Kier molecular flexibility index (Phi) is 2.68. The van der Waals surface area contributed by atoms with Crippen molar-refractivity contribution < 1.29 is 4.79 Å². The molecule has 1 aromatic heterocycles. The lowest BCUT2D eigenvalue weighted by atomic mass is 10.5. The van der Waals surface area contributed by atoms with E-state index in [0.717, 1.165) is 0 Å². The van der Waals surface area contributed by atoms with Crippen LogP contribution in [0.5, 0.6) is 0 Å². The predicted molar refractivity (Wildman–Crippen MR) is 56.3 cm³/mol. The van der Waals surface area contributed by atoms with E-state index >= 15 is 0 Å². The molecule has 6 nitrogen and oxygen atoms in total. The van der Waals surface area contributed by atoms with Gasteiger partial charge in [-0.05, 0) is 6.92 Å².